The maximum absolute atomic E-state index is 4.50. The summed E-state index contributed by atoms with van der Waals surface area (Å²) < 4.78 is 0. The number of hydrogen-bond donors (Lipinski definition) is 2. The first-order valence-corrected chi connectivity index (χ1v) is 8.12. The van der Waals surface area contributed by atoms with E-state index in [4.69, 9.17) is 0 Å². The molecule has 0 aliphatic carbocycles. The summed E-state index contributed by atoms with van der Waals surface area (Å²) in [6, 6.07) is 20.1. The molecule has 0 atom stereocenters. The number of nitrogens with zero attached hydrogens (tertiary/aromatic N) is 5. The number of nitrogens with one attached hydrogen (secondary N) is 2. The fourth-order valence-corrected chi connectivity index (χ4v) is 2.91. The predicted molar refractivity (Wildman–Crippen MR) is 97.9 cm³/mol. The number of aromatic nitrogens is 7. The van der Waals surface area contributed by atoms with Gasteiger partial charge in [-0.2, -0.15) is 10.3 Å². The van der Waals surface area contributed by atoms with Crippen LogP contribution in [-0.2, 0) is 0 Å². The van der Waals surface area contributed by atoms with Crippen molar-refractivity contribution in [2.24, 2.45) is 0 Å². The lowest BCUT2D eigenvalue weighted by Crippen LogP contribution is -1.82. The Morgan fingerprint density at radius 3 is 2.46 bits per heavy atom. The second-order valence-electron chi connectivity index (χ2n) is 5.90. The van der Waals surface area contributed by atoms with Gasteiger partial charge in [0.25, 0.3) is 0 Å². The molecule has 0 amide bonds. The molecule has 5 aromatic rings. The minimum absolute atomic E-state index is 0.573. The quantitative estimate of drug-likeness (QED) is 0.525. The summed E-state index contributed by atoms with van der Waals surface area (Å²) in [5.74, 6) is 0.573. The summed E-state index contributed by atoms with van der Waals surface area (Å²) in [7, 11) is 0. The zero-order valence-electron chi connectivity index (χ0n) is 13.6. The highest BCUT2D eigenvalue weighted by Crippen LogP contribution is 2.26. The van der Waals surface area contributed by atoms with Crippen LogP contribution in [-0.4, -0.2) is 35.8 Å². The molecule has 124 valence electrons. The molecule has 26 heavy (non-hydrogen) atoms. The number of para-hydroxylation sites is 1. The van der Waals surface area contributed by atoms with Crippen molar-refractivity contribution in [2.75, 3.05) is 0 Å². The van der Waals surface area contributed by atoms with Crippen LogP contribution in [0.25, 0.3) is 44.8 Å². The highest BCUT2D eigenvalue weighted by Gasteiger charge is 2.08. The highest BCUT2D eigenvalue weighted by atomic mass is 15.5. The first kappa shape index (κ1) is 14.5. The third-order valence-electron chi connectivity index (χ3n) is 4.26. The van der Waals surface area contributed by atoms with Crippen LogP contribution in [0, 0.1) is 0 Å². The predicted octanol–water partition coefficient (Wildman–Crippen LogP) is 3.47. The lowest BCUT2D eigenvalue weighted by Gasteiger charge is -2.00. The van der Waals surface area contributed by atoms with Crippen molar-refractivity contribution < 1.29 is 0 Å². The van der Waals surface area contributed by atoms with Crippen LogP contribution in [0.4, 0.5) is 0 Å². The minimum atomic E-state index is 0.573. The molecular formula is C19H13N7. The molecule has 5 rings (SSSR count). The number of tetrazole rings is 1. The van der Waals surface area contributed by atoms with Gasteiger partial charge < -0.3 is 0 Å². The average Bonchev–Trinajstić information content (AvgIpc) is 3.40. The normalized spacial score (nSPS) is 11.1. The molecular weight excluding hydrogens is 326 g/mol. The topological polar surface area (TPSA) is 96.0 Å². The molecule has 2 aromatic carbocycles. The van der Waals surface area contributed by atoms with Gasteiger partial charge in [-0.1, -0.05) is 42.5 Å². The van der Waals surface area contributed by atoms with Gasteiger partial charge in [0.1, 0.15) is 0 Å². The summed E-state index contributed by atoms with van der Waals surface area (Å²) in [6.45, 7) is 0. The van der Waals surface area contributed by atoms with Crippen molar-refractivity contribution in [1.29, 1.82) is 0 Å². The summed E-state index contributed by atoms with van der Waals surface area (Å²) >= 11 is 0. The Kier molecular flexibility index (Phi) is 3.28. The Balaban J connectivity index is 1.47. The van der Waals surface area contributed by atoms with Crippen LogP contribution < -0.4 is 0 Å². The van der Waals surface area contributed by atoms with Gasteiger partial charge in [-0.3, -0.25) is 10.1 Å². The van der Waals surface area contributed by atoms with Crippen molar-refractivity contribution in [3.63, 3.8) is 0 Å². The third kappa shape index (κ3) is 2.51. The first-order chi connectivity index (χ1) is 12.9. The van der Waals surface area contributed by atoms with Crippen LogP contribution in [0.15, 0.2) is 66.9 Å². The molecule has 0 saturated heterocycles. The van der Waals surface area contributed by atoms with E-state index in [-0.39, 0.29) is 0 Å². The molecule has 3 aromatic heterocycles. The Morgan fingerprint density at radius 1 is 0.769 bits per heavy atom. The number of rotatable bonds is 3. The van der Waals surface area contributed by atoms with Crippen LogP contribution in [0.3, 0.4) is 0 Å². The minimum Gasteiger partial charge on any atom is -0.277 e. The van der Waals surface area contributed by atoms with Gasteiger partial charge >= 0.3 is 0 Å². The van der Waals surface area contributed by atoms with Crippen molar-refractivity contribution in [3.05, 3.63) is 66.9 Å². The Labute approximate surface area is 148 Å². The number of benzene rings is 2. The van der Waals surface area contributed by atoms with Crippen molar-refractivity contribution in [3.8, 4) is 33.9 Å². The molecule has 0 unspecified atom stereocenters. The van der Waals surface area contributed by atoms with Crippen LogP contribution in [0.5, 0.6) is 0 Å². The smallest absolute Gasteiger partial charge is 0.204 e. The second-order valence-corrected chi connectivity index (χ2v) is 5.90. The largest absolute Gasteiger partial charge is 0.277 e. The fraction of sp³-hybridized carbons (Fsp3) is 0. The Hall–Kier alpha value is -3.87. The average molecular weight is 339 g/mol. The Morgan fingerprint density at radius 2 is 1.62 bits per heavy atom. The van der Waals surface area contributed by atoms with Crippen LogP contribution >= 0.6 is 0 Å². The zero-order chi connectivity index (χ0) is 17.3. The van der Waals surface area contributed by atoms with Crippen molar-refractivity contribution in [1.82, 2.24) is 35.8 Å². The maximum Gasteiger partial charge on any atom is 0.204 e. The molecule has 0 radical (unpaired) electrons. The molecule has 0 bridgehead atoms. The number of fused-ring (bicyclic) bond motifs is 1. The van der Waals surface area contributed by atoms with Gasteiger partial charge in [-0.05, 0) is 29.0 Å². The molecule has 2 N–H and O–H groups in total. The molecule has 0 spiro atoms. The molecule has 0 saturated carbocycles. The van der Waals surface area contributed by atoms with Gasteiger partial charge in [0.15, 0.2) is 0 Å². The van der Waals surface area contributed by atoms with Crippen LogP contribution in [0.2, 0.25) is 0 Å². The molecule has 0 fully saturated rings. The van der Waals surface area contributed by atoms with Crippen molar-refractivity contribution in [2.45, 2.75) is 0 Å². The van der Waals surface area contributed by atoms with E-state index < -0.39 is 0 Å². The molecule has 0 aliphatic heterocycles. The number of H-pyrrole nitrogens is 2. The third-order valence-corrected chi connectivity index (χ3v) is 4.26. The zero-order valence-corrected chi connectivity index (χ0v) is 13.6. The summed E-state index contributed by atoms with van der Waals surface area (Å²) in [5, 5.41) is 22.6. The van der Waals surface area contributed by atoms with Gasteiger partial charge in [-0.15, -0.1) is 10.2 Å². The van der Waals surface area contributed by atoms with E-state index >= 15 is 0 Å². The van der Waals surface area contributed by atoms with E-state index in [0.29, 0.717) is 5.82 Å². The SMILES string of the molecule is c1ccc2ncc(-c3cc(-c4ccc(-c5nn[nH]n5)cc4)[nH]n3)cc2c1. The number of pyridine rings is 1. The summed E-state index contributed by atoms with van der Waals surface area (Å²) in [5.41, 5.74) is 5.69. The maximum atomic E-state index is 4.50. The van der Waals surface area contributed by atoms with E-state index in [1.807, 2.05) is 54.7 Å². The Bertz CT molecular complexity index is 1170. The number of hydrogen-bond acceptors (Lipinski definition) is 5. The summed E-state index contributed by atoms with van der Waals surface area (Å²) in [6.07, 6.45) is 1.85. The summed E-state index contributed by atoms with van der Waals surface area (Å²) in [4.78, 5) is 4.50. The van der Waals surface area contributed by atoms with Gasteiger partial charge in [0, 0.05) is 22.7 Å². The van der Waals surface area contributed by atoms with E-state index in [1.54, 1.807) is 0 Å². The number of aromatic amines is 2. The van der Waals surface area contributed by atoms with E-state index in [2.05, 4.69) is 47.9 Å². The first-order valence-electron chi connectivity index (χ1n) is 8.12. The van der Waals surface area contributed by atoms with Crippen LogP contribution in [0.1, 0.15) is 0 Å². The van der Waals surface area contributed by atoms with Crippen molar-refractivity contribution >= 4 is 10.9 Å². The molecule has 7 nitrogen and oxygen atoms in total. The van der Waals surface area contributed by atoms with E-state index in [0.717, 1.165) is 39.0 Å². The lowest BCUT2D eigenvalue weighted by atomic mass is 10.1. The van der Waals surface area contributed by atoms with Gasteiger partial charge in [0.2, 0.25) is 5.82 Å². The molecule has 3 heterocycles. The molecule has 0 aliphatic rings. The monoisotopic (exact) mass is 339 g/mol. The second kappa shape index (κ2) is 5.89. The fourth-order valence-electron chi connectivity index (χ4n) is 2.91. The van der Waals surface area contributed by atoms with E-state index in [1.165, 1.54) is 0 Å². The highest BCUT2D eigenvalue weighted by molar-refractivity contribution is 5.83. The van der Waals surface area contributed by atoms with E-state index in [9.17, 15) is 0 Å². The molecule has 7 heteroatoms. The van der Waals surface area contributed by atoms with Gasteiger partial charge in [0.05, 0.1) is 16.9 Å². The lowest BCUT2D eigenvalue weighted by molar-refractivity contribution is 0.881. The standard InChI is InChI=1S/C19H13N7/c1-2-4-16-14(3-1)9-15(11-20-16)18-10-17(21-22-18)12-5-7-13(8-6-12)19-23-25-26-24-19/h1-11H,(H,21,22)(H,23,24,25,26). The van der Waals surface area contributed by atoms with Gasteiger partial charge in [-0.25, -0.2) is 0 Å².